The minimum absolute atomic E-state index is 0.0697. The zero-order valence-corrected chi connectivity index (χ0v) is 17.9. The lowest BCUT2D eigenvalue weighted by Crippen LogP contribution is -2.34. The van der Waals surface area contributed by atoms with E-state index >= 15 is 0 Å². The summed E-state index contributed by atoms with van der Waals surface area (Å²) in [5.74, 6) is -0.0697. The van der Waals surface area contributed by atoms with E-state index in [4.69, 9.17) is 0 Å². The van der Waals surface area contributed by atoms with Gasteiger partial charge in [0.05, 0.1) is 12.1 Å². The molecule has 0 aliphatic heterocycles. The molecular formula is C27H26N2O2. The van der Waals surface area contributed by atoms with Crippen molar-refractivity contribution in [1.29, 1.82) is 0 Å². The number of para-hydroxylation sites is 1. The molecule has 4 rings (SSSR count). The highest BCUT2D eigenvalue weighted by molar-refractivity contribution is 5.94. The predicted octanol–water partition coefficient (Wildman–Crippen LogP) is 5.03. The number of pyridine rings is 1. The second kappa shape index (κ2) is 9.00. The maximum absolute atomic E-state index is 13.3. The molecule has 0 aliphatic rings. The lowest BCUT2D eigenvalue weighted by molar-refractivity contribution is 0.0744. The van der Waals surface area contributed by atoms with E-state index in [2.05, 4.69) is 17.1 Å². The molecule has 0 fully saturated rings. The van der Waals surface area contributed by atoms with Crippen LogP contribution in [-0.4, -0.2) is 22.3 Å². The number of amides is 1. The Hall–Kier alpha value is -3.66. The van der Waals surface area contributed by atoms with Crippen molar-refractivity contribution < 1.29 is 4.79 Å². The average Bonchev–Trinajstić information content (AvgIpc) is 2.78. The van der Waals surface area contributed by atoms with E-state index in [1.807, 2.05) is 80.6 Å². The molecule has 0 unspecified atom stereocenters. The summed E-state index contributed by atoms with van der Waals surface area (Å²) in [7, 11) is 0. The number of nitrogens with one attached hydrogen (secondary N) is 1. The first-order valence-corrected chi connectivity index (χ1v) is 10.5. The Morgan fingerprint density at radius 3 is 2.39 bits per heavy atom. The van der Waals surface area contributed by atoms with Crippen molar-refractivity contribution in [3.8, 4) is 0 Å². The Morgan fingerprint density at radius 1 is 0.903 bits per heavy atom. The Bertz CT molecular complexity index is 1260. The first-order chi connectivity index (χ1) is 15.0. The molecule has 4 aromatic rings. The van der Waals surface area contributed by atoms with Gasteiger partial charge in [0.15, 0.2) is 0 Å². The molecule has 0 atom stereocenters. The van der Waals surface area contributed by atoms with Gasteiger partial charge in [-0.15, -0.1) is 0 Å². The molecule has 1 amide bonds. The van der Waals surface area contributed by atoms with Gasteiger partial charge >= 0.3 is 0 Å². The van der Waals surface area contributed by atoms with Crippen molar-refractivity contribution in [3.63, 3.8) is 0 Å². The number of aromatic nitrogens is 1. The lowest BCUT2D eigenvalue weighted by Gasteiger charge is -2.23. The van der Waals surface area contributed by atoms with Gasteiger partial charge in [-0.25, -0.2) is 0 Å². The molecule has 4 nitrogen and oxygen atoms in total. The molecule has 1 N–H and O–H groups in total. The Kier molecular flexibility index (Phi) is 5.99. The Labute approximate surface area is 182 Å². The van der Waals surface area contributed by atoms with E-state index in [0.717, 1.165) is 34.0 Å². The fourth-order valence-corrected chi connectivity index (χ4v) is 3.79. The van der Waals surface area contributed by atoms with Gasteiger partial charge in [-0.3, -0.25) is 9.59 Å². The summed E-state index contributed by atoms with van der Waals surface area (Å²) in [6, 6.07) is 25.5. The Morgan fingerprint density at radius 2 is 1.65 bits per heavy atom. The number of H-pyrrole nitrogens is 1. The topological polar surface area (TPSA) is 53.2 Å². The minimum atomic E-state index is -0.150. The van der Waals surface area contributed by atoms with Crippen LogP contribution in [0.5, 0.6) is 0 Å². The third-order valence-electron chi connectivity index (χ3n) is 5.63. The van der Waals surface area contributed by atoms with Gasteiger partial charge in [0, 0.05) is 17.7 Å². The molecule has 0 radical (unpaired) electrons. The summed E-state index contributed by atoms with van der Waals surface area (Å²) in [5, 5.41) is 0.973. The van der Waals surface area contributed by atoms with Crippen LogP contribution >= 0.6 is 0 Å². The molecule has 3 aromatic carbocycles. The van der Waals surface area contributed by atoms with E-state index in [1.165, 1.54) is 0 Å². The number of aromatic amines is 1. The average molecular weight is 411 g/mol. The number of carbonyl (C=O) groups excluding carboxylic acids is 1. The summed E-state index contributed by atoms with van der Waals surface area (Å²) >= 11 is 0. The molecular weight excluding hydrogens is 384 g/mol. The van der Waals surface area contributed by atoms with Gasteiger partial charge < -0.3 is 9.88 Å². The third kappa shape index (κ3) is 4.75. The van der Waals surface area contributed by atoms with Crippen LogP contribution in [0.2, 0.25) is 0 Å². The smallest absolute Gasteiger partial charge is 0.254 e. The number of aryl methyl sites for hydroxylation is 2. The SMILES string of the molecule is Cc1ccc(C(=O)N(CCc2ccccc2)Cc2cc3cccc(C)c3[nH]c2=O)cc1. The predicted molar refractivity (Wildman–Crippen MR) is 125 cm³/mol. The highest BCUT2D eigenvalue weighted by Gasteiger charge is 2.18. The first kappa shape index (κ1) is 20.6. The van der Waals surface area contributed by atoms with Crippen molar-refractivity contribution in [3.05, 3.63) is 117 Å². The number of fused-ring (bicyclic) bond motifs is 1. The van der Waals surface area contributed by atoms with Crippen LogP contribution in [0.4, 0.5) is 0 Å². The fraction of sp³-hybridized carbons (Fsp3) is 0.185. The maximum atomic E-state index is 13.3. The van der Waals surface area contributed by atoms with Gasteiger partial charge in [-0.05, 0) is 55.0 Å². The van der Waals surface area contributed by atoms with Crippen LogP contribution in [0.15, 0.2) is 83.7 Å². The Balaban J connectivity index is 1.65. The van der Waals surface area contributed by atoms with Crippen molar-refractivity contribution in [2.24, 2.45) is 0 Å². The number of nitrogens with zero attached hydrogens (tertiary/aromatic N) is 1. The summed E-state index contributed by atoms with van der Waals surface area (Å²) in [5.41, 5.74) is 5.21. The van der Waals surface area contributed by atoms with E-state index in [9.17, 15) is 9.59 Å². The number of rotatable bonds is 6. The van der Waals surface area contributed by atoms with Crippen LogP contribution < -0.4 is 5.56 Å². The zero-order valence-electron chi connectivity index (χ0n) is 17.9. The molecule has 0 saturated heterocycles. The lowest BCUT2D eigenvalue weighted by atomic mass is 10.1. The van der Waals surface area contributed by atoms with Crippen molar-refractivity contribution in [1.82, 2.24) is 9.88 Å². The van der Waals surface area contributed by atoms with Crippen LogP contribution in [0.25, 0.3) is 10.9 Å². The summed E-state index contributed by atoms with van der Waals surface area (Å²) in [6.45, 7) is 4.77. The number of hydrogen-bond acceptors (Lipinski definition) is 2. The third-order valence-corrected chi connectivity index (χ3v) is 5.63. The second-order valence-electron chi connectivity index (χ2n) is 7.99. The molecule has 0 saturated carbocycles. The van der Waals surface area contributed by atoms with Gasteiger partial charge in [0.25, 0.3) is 11.5 Å². The van der Waals surface area contributed by atoms with E-state index in [0.29, 0.717) is 17.7 Å². The van der Waals surface area contributed by atoms with Gasteiger partial charge in [0.2, 0.25) is 0 Å². The van der Waals surface area contributed by atoms with Crippen LogP contribution in [0.3, 0.4) is 0 Å². The molecule has 1 heterocycles. The number of carbonyl (C=O) groups is 1. The number of benzene rings is 3. The molecule has 4 heteroatoms. The van der Waals surface area contributed by atoms with Gasteiger partial charge in [-0.2, -0.15) is 0 Å². The molecule has 0 bridgehead atoms. The van der Waals surface area contributed by atoms with Crippen molar-refractivity contribution in [2.45, 2.75) is 26.8 Å². The van der Waals surface area contributed by atoms with Crippen molar-refractivity contribution in [2.75, 3.05) is 6.54 Å². The van der Waals surface area contributed by atoms with Gasteiger partial charge in [0.1, 0.15) is 0 Å². The first-order valence-electron chi connectivity index (χ1n) is 10.5. The van der Waals surface area contributed by atoms with E-state index < -0.39 is 0 Å². The normalized spacial score (nSPS) is 10.9. The molecule has 0 aliphatic carbocycles. The minimum Gasteiger partial charge on any atom is -0.334 e. The molecule has 1 aromatic heterocycles. The largest absolute Gasteiger partial charge is 0.334 e. The standard InChI is InChI=1S/C27H26N2O2/c1-19-11-13-22(14-12-19)27(31)29(16-15-21-8-4-3-5-9-21)18-24-17-23-10-6-7-20(2)25(23)28-26(24)30/h3-14,17H,15-16,18H2,1-2H3,(H,28,30). The fourth-order valence-electron chi connectivity index (χ4n) is 3.79. The van der Waals surface area contributed by atoms with Gasteiger partial charge in [-0.1, -0.05) is 66.2 Å². The van der Waals surface area contributed by atoms with Crippen LogP contribution in [0, 0.1) is 13.8 Å². The molecule has 156 valence electrons. The molecule has 31 heavy (non-hydrogen) atoms. The summed E-state index contributed by atoms with van der Waals surface area (Å²) < 4.78 is 0. The van der Waals surface area contributed by atoms with E-state index in [-0.39, 0.29) is 18.0 Å². The highest BCUT2D eigenvalue weighted by atomic mass is 16.2. The monoisotopic (exact) mass is 410 g/mol. The summed E-state index contributed by atoms with van der Waals surface area (Å²) in [4.78, 5) is 30.9. The quantitative estimate of drug-likeness (QED) is 0.485. The van der Waals surface area contributed by atoms with Crippen LogP contribution in [-0.2, 0) is 13.0 Å². The maximum Gasteiger partial charge on any atom is 0.254 e. The number of hydrogen-bond donors (Lipinski definition) is 1. The van der Waals surface area contributed by atoms with Crippen molar-refractivity contribution >= 4 is 16.8 Å². The molecule has 0 spiro atoms. The zero-order chi connectivity index (χ0) is 21.8. The summed E-state index contributed by atoms with van der Waals surface area (Å²) in [6.07, 6.45) is 0.725. The highest BCUT2D eigenvalue weighted by Crippen LogP contribution is 2.17. The van der Waals surface area contributed by atoms with Crippen LogP contribution in [0.1, 0.15) is 32.6 Å². The second-order valence-corrected chi connectivity index (χ2v) is 7.99. The van der Waals surface area contributed by atoms with E-state index in [1.54, 1.807) is 4.90 Å².